The summed E-state index contributed by atoms with van der Waals surface area (Å²) in [5, 5.41) is 2.12. The first-order chi connectivity index (χ1) is 14.3. The van der Waals surface area contributed by atoms with Crippen LogP contribution in [0.1, 0.15) is 24.3 Å². The van der Waals surface area contributed by atoms with Crippen molar-refractivity contribution in [3.05, 3.63) is 29.3 Å². The van der Waals surface area contributed by atoms with Crippen molar-refractivity contribution < 1.29 is 32.6 Å². The number of imide groups is 1. The molecule has 0 saturated carbocycles. The van der Waals surface area contributed by atoms with Crippen molar-refractivity contribution in [1.29, 1.82) is 0 Å². The van der Waals surface area contributed by atoms with Crippen molar-refractivity contribution >= 4 is 23.6 Å². The van der Waals surface area contributed by atoms with Gasteiger partial charge in [-0.25, -0.2) is 13.6 Å². The number of likely N-dealkylation sites (tertiary alicyclic amines) is 1. The van der Waals surface area contributed by atoms with Crippen LogP contribution in [-0.4, -0.2) is 68.3 Å². The van der Waals surface area contributed by atoms with Gasteiger partial charge in [0.15, 0.2) is 0 Å². The van der Waals surface area contributed by atoms with Crippen LogP contribution in [-0.2, 0) is 19.1 Å². The Kier molecular flexibility index (Phi) is 4.42. The molecule has 0 aliphatic carbocycles. The van der Waals surface area contributed by atoms with Gasteiger partial charge in [0.25, 0.3) is 0 Å². The largest absolute Gasteiger partial charge is 0.442 e. The molecule has 1 aromatic rings. The highest BCUT2D eigenvalue weighted by atomic mass is 19.1. The fraction of sp³-hybridized carbons (Fsp3) is 0.550. The third-order valence-electron chi connectivity index (χ3n) is 6.26. The van der Waals surface area contributed by atoms with Crippen molar-refractivity contribution in [2.75, 3.05) is 44.3 Å². The summed E-state index contributed by atoms with van der Waals surface area (Å²) in [7, 11) is 0. The van der Waals surface area contributed by atoms with E-state index in [-0.39, 0.29) is 36.0 Å². The molecule has 8 nitrogen and oxygen atoms in total. The molecule has 1 N–H and O–H groups in total. The van der Waals surface area contributed by atoms with Crippen molar-refractivity contribution in [1.82, 2.24) is 10.2 Å². The van der Waals surface area contributed by atoms with Gasteiger partial charge in [0.1, 0.15) is 17.7 Å². The maximum atomic E-state index is 14.6. The summed E-state index contributed by atoms with van der Waals surface area (Å²) in [6.45, 7) is 3.32. The number of halogens is 2. The number of nitrogens with zero attached hydrogens (tertiary/aromatic N) is 2. The third kappa shape index (κ3) is 3.19. The van der Waals surface area contributed by atoms with Crippen LogP contribution in [0.2, 0.25) is 0 Å². The van der Waals surface area contributed by atoms with Crippen LogP contribution in [0.5, 0.6) is 0 Å². The smallest absolute Gasteiger partial charge is 0.410 e. The number of rotatable bonds is 3. The fourth-order valence-electron chi connectivity index (χ4n) is 4.46. The number of hydrogen-bond donors (Lipinski definition) is 1. The Bertz CT molecular complexity index is 898. The molecule has 1 atom stereocenters. The second-order valence-electron chi connectivity index (χ2n) is 8.59. The Morgan fingerprint density at radius 1 is 1.17 bits per heavy atom. The van der Waals surface area contributed by atoms with E-state index in [2.05, 4.69) is 5.32 Å². The molecule has 1 aromatic carbocycles. The molecule has 0 radical (unpaired) electrons. The molecule has 0 bridgehead atoms. The van der Waals surface area contributed by atoms with Crippen LogP contribution in [0.15, 0.2) is 12.1 Å². The van der Waals surface area contributed by atoms with Crippen molar-refractivity contribution in [3.63, 3.8) is 0 Å². The van der Waals surface area contributed by atoms with Gasteiger partial charge in [0.2, 0.25) is 11.8 Å². The normalized spacial score (nSPS) is 25.3. The standard InChI is InChI=1S/C20H21F2N3O5/c21-14-3-11(4-15(22)17(14)13-1-2-16(26)23-18(13)27)24-5-12(6-24)30-19(28)25-7-20(8-25)9-29-10-20/h3-4,12-13H,1-2,5-10H2,(H,23,26,27)/t13-/m0/s1. The van der Waals surface area contributed by atoms with E-state index in [4.69, 9.17) is 9.47 Å². The van der Waals surface area contributed by atoms with E-state index >= 15 is 0 Å². The van der Waals surface area contributed by atoms with Gasteiger partial charge in [0, 0.05) is 30.8 Å². The minimum absolute atomic E-state index is 0.0430. The van der Waals surface area contributed by atoms with Crippen LogP contribution in [0, 0.1) is 17.0 Å². The lowest BCUT2D eigenvalue weighted by molar-refractivity contribution is -0.181. The van der Waals surface area contributed by atoms with Crippen molar-refractivity contribution in [3.8, 4) is 0 Å². The lowest BCUT2D eigenvalue weighted by atomic mass is 9.78. The van der Waals surface area contributed by atoms with Crippen LogP contribution in [0.25, 0.3) is 0 Å². The molecule has 3 amide bonds. The lowest BCUT2D eigenvalue weighted by Gasteiger charge is -2.54. The van der Waals surface area contributed by atoms with Crippen molar-refractivity contribution in [2.45, 2.75) is 24.9 Å². The first kappa shape index (κ1) is 19.2. The van der Waals surface area contributed by atoms with E-state index in [0.717, 1.165) is 0 Å². The first-order valence-electron chi connectivity index (χ1n) is 9.94. The number of carbonyl (C=O) groups is 3. The second kappa shape index (κ2) is 6.90. The summed E-state index contributed by atoms with van der Waals surface area (Å²) < 4.78 is 39.9. The fourth-order valence-corrected chi connectivity index (χ4v) is 4.46. The first-order valence-corrected chi connectivity index (χ1v) is 9.94. The van der Waals surface area contributed by atoms with Gasteiger partial charge >= 0.3 is 6.09 Å². The van der Waals surface area contributed by atoms with Gasteiger partial charge in [-0.3, -0.25) is 14.9 Å². The summed E-state index contributed by atoms with van der Waals surface area (Å²) in [4.78, 5) is 38.7. The SMILES string of the molecule is O=C1CC[C@@H](c2c(F)cc(N3CC(OC(=O)N4CC5(COC5)C4)C3)cc2F)C(=O)N1. The van der Waals surface area contributed by atoms with E-state index < -0.39 is 29.4 Å². The number of anilines is 1. The number of amides is 3. The maximum Gasteiger partial charge on any atom is 0.410 e. The number of hydrogen-bond acceptors (Lipinski definition) is 6. The van der Waals surface area contributed by atoms with Crippen LogP contribution in [0.3, 0.4) is 0 Å². The van der Waals surface area contributed by atoms with E-state index in [1.54, 1.807) is 9.80 Å². The average Bonchev–Trinajstić information content (AvgIpc) is 2.56. The summed E-state index contributed by atoms with van der Waals surface area (Å²) >= 11 is 0. The molecular formula is C20H21F2N3O5. The molecule has 1 spiro atoms. The van der Waals surface area contributed by atoms with Gasteiger partial charge in [0.05, 0.1) is 37.6 Å². The summed E-state index contributed by atoms with van der Waals surface area (Å²) in [5.74, 6) is -3.80. The Hall–Kier alpha value is -2.75. The molecular weight excluding hydrogens is 400 g/mol. The van der Waals surface area contributed by atoms with Crippen LogP contribution in [0.4, 0.5) is 19.3 Å². The third-order valence-corrected chi connectivity index (χ3v) is 6.26. The molecule has 160 valence electrons. The molecule has 0 unspecified atom stereocenters. The molecule has 4 fully saturated rings. The number of benzene rings is 1. The zero-order valence-corrected chi connectivity index (χ0v) is 16.2. The minimum atomic E-state index is -1.03. The number of ether oxygens (including phenoxy) is 2. The second-order valence-corrected chi connectivity index (χ2v) is 8.59. The topological polar surface area (TPSA) is 88.2 Å². The maximum absolute atomic E-state index is 14.6. The highest BCUT2D eigenvalue weighted by molar-refractivity contribution is 6.01. The van der Waals surface area contributed by atoms with Gasteiger partial charge < -0.3 is 19.3 Å². The molecule has 30 heavy (non-hydrogen) atoms. The van der Waals surface area contributed by atoms with Gasteiger partial charge in [-0.1, -0.05) is 0 Å². The van der Waals surface area contributed by atoms with Gasteiger partial charge in [-0.2, -0.15) is 0 Å². The van der Waals surface area contributed by atoms with Gasteiger partial charge in [-0.15, -0.1) is 0 Å². The average molecular weight is 421 g/mol. The highest BCUT2D eigenvalue weighted by Crippen LogP contribution is 2.38. The molecule has 4 heterocycles. The van der Waals surface area contributed by atoms with Crippen LogP contribution >= 0.6 is 0 Å². The van der Waals surface area contributed by atoms with E-state index in [9.17, 15) is 23.2 Å². The summed E-state index contributed by atoms with van der Waals surface area (Å²) in [6.07, 6.45) is -0.597. The Balaban J connectivity index is 1.18. The predicted octanol–water partition coefficient (Wildman–Crippen LogP) is 1.14. The number of nitrogens with one attached hydrogen (secondary N) is 1. The Morgan fingerprint density at radius 2 is 1.83 bits per heavy atom. The molecule has 4 saturated heterocycles. The van der Waals surface area contributed by atoms with E-state index in [1.165, 1.54) is 12.1 Å². The Labute approximate surface area is 171 Å². The van der Waals surface area contributed by atoms with Crippen molar-refractivity contribution in [2.24, 2.45) is 5.41 Å². The van der Waals surface area contributed by atoms with Crippen LogP contribution < -0.4 is 10.2 Å². The van der Waals surface area contributed by atoms with Gasteiger partial charge in [-0.05, 0) is 18.6 Å². The van der Waals surface area contributed by atoms with E-state index in [1.807, 2.05) is 0 Å². The lowest BCUT2D eigenvalue weighted by Crippen LogP contribution is -2.68. The molecule has 0 aromatic heterocycles. The minimum Gasteiger partial charge on any atom is -0.442 e. The number of carbonyl (C=O) groups excluding carboxylic acids is 3. The molecule has 4 aliphatic rings. The highest BCUT2D eigenvalue weighted by Gasteiger charge is 2.51. The zero-order valence-electron chi connectivity index (χ0n) is 16.2. The molecule has 4 aliphatic heterocycles. The molecule has 10 heteroatoms. The predicted molar refractivity (Wildman–Crippen MR) is 98.8 cm³/mol. The summed E-state index contributed by atoms with van der Waals surface area (Å²) in [5.41, 5.74) is 0.117. The Morgan fingerprint density at radius 3 is 2.40 bits per heavy atom. The summed E-state index contributed by atoms with van der Waals surface area (Å²) in [6, 6.07) is 2.35. The quantitative estimate of drug-likeness (QED) is 0.737. The van der Waals surface area contributed by atoms with E-state index in [0.29, 0.717) is 45.1 Å². The molecule has 5 rings (SSSR count). The number of piperidine rings is 1. The monoisotopic (exact) mass is 421 g/mol. The zero-order chi connectivity index (χ0) is 21.0.